The molecule has 0 spiro atoms. The van der Waals surface area contributed by atoms with Gasteiger partial charge in [0.05, 0.1) is 20.8 Å². The van der Waals surface area contributed by atoms with Gasteiger partial charge in [-0.1, -0.05) is 15.9 Å². The third-order valence-corrected chi connectivity index (χ3v) is 3.36. The van der Waals surface area contributed by atoms with Gasteiger partial charge in [0, 0.05) is 11.0 Å². The number of aromatic nitrogens is 3. The van der Waals surface area contributed by atoms with E-state index in [9.17, 15) is 0 Å². The van der Waals surface area contributed by atoms with Crippen molar-refractivity contribution < 1.29 is 9.47 Å². The minimum absolute atomic E-state index is 0.626. The molecule has 6 nitrogen and oxygen atoms in total. The Morgan fingerprint density at radius 3 is 2.58 bits per heavy atom. The van der Waals surface area contributed by atoms with Crippen LogP contribution in [0, 0.1) is 0 Å². The van der Waals surface area contributed by atoms with E-state index < -0.39 is 0 Å². The molecule has 0 saturated heterocycles. The molecule has 1 heterocycles. The van der Waals surface area contributed by atoms with Gasteiger partial charge in [0.15, 0.2) is 11.5 Å². The van der Waals surface area contributed by atoms with Gasteiger partial charge in [-0.05, 0) is 17.7 Å². The molecule has 0 atom stereocenters. The maximum atomic E-state index is 5.28. The molecule has 19 heavy (non-hydrogen) atoms. The van der Waals surface area contributed by atoms with Crippen molar-refractivity contribution in [2.45, 2.75) is 13.1 Å². The highest BCUT2D eigenvalue weighted by Gasteiger charge is 2.09. The van der Waals surface area contributed by atoms with Crippen molar-refractivity contribution in [2.75, 3.05) is 14.2 Å². The van der Waals surface area contributed by atoms with Crippen molar-refractivity contribution in [3.05, 3.63) is 34.3 Å². The van der Waals surface area contributed by atoms with Crippen LogP contribution < -0.4 is 14.8 Å². The molecular weight excluding hydrogens is 312 g/mol. The van der Waals surface area contributed by atoms with E-state index >= 15 is 0 Å². The molecule has 7 heteroatoms. The zero-order valence-electron chi connectivity index (χ0n) is 10.7. The molecule has 0 radical (unpaired) electrons. The summed E-state index contributed by atoms with van der Waals surface area (Å²) in [4.78, 5) is 4.05. The summed E-state index contributed by atoms with van der Waals surface area (Å²) in [6.07, 6.45) is 1.49. The van der Waals surface area contributed by atoms with Crippen LogP contribution >= 0.6 is 15.9 Å². The summed E-state index contributed by atoms with van der Waals surface area (Å²) < 4.78 is 11.5. The van der Waals surface area contributed by atoms with E-state index in [1.54, 1.807) is 14.2 Å². The molecule has 2 N–H and O–H groups in total. The summed E-state index contributed by atoms with van der Waals surface area (Å²) in [7, 11) is 3.24. The Balaban J connectivity index is 2.03. The van der Waals surface area contributed by atoms with Gasteiger partial charge in [-0.2, -0.15) is 5.10 Å². The highest BCUT2D eigenvalue weighted by molar-refractivity contribution is 9.10. The van der Waals surface area contributed by atoms with Crippen LogP contribution in [-0.2, 0) is 13.1 Å². The largest absolute Gasteiger partial charge is 0.493 e. The third-order valence-electron chi connectivity index (χ3n) is 2.63. The average Bonchev–Trinajstić information content (AvgIpc) is 2.93. The number of halogens is 1. The van der Waals surface area contributed by atoms with Crippen molar-refractivity contribution in [2.24, 2.45) is 0 Å². The fourth-order valence-corrected chi connectivity index (χ4v) is 2.13. The van der Waals surface area contributed by atoms with Gasteiger partial charge in [0.25, 0.3) is 0 Å². The number of benzene rings is 1. The second kappa shape index (κ2) is 6.53. The fourth-order valence-electron chi connectivity index (χ4n) is 1.66. The molecule has 0 aliphatic heterocycles. The van der Waals surface area contributed by atoms with E-state index in [0.717, 1.165) is 15.9 Å². The Morgan fingerprint density at radius 1 is 1.21 bits per heavy atom. The lowest BCUT2D eigenvalue weighted by Crippen LogP contribution is -2.14. The first-order chi connectivity index (χ1) is 9.24. The first kappa shape index (κ1) is 13.8. The molecule has 1 aromatic carbocycles. The molecule has 0 aliphatic carbocycles. The molecule has 0 amide bonds. The van der Waals surface area contributed by atoms with Crippen LogP contribution in [0.3, 0.4) is 0 Å². The third kappa shape index (κ3) is 3.45. The van der Waals surface area contributed by atoms with Crippen LogP contribution in [0.1, 0.15) is 11.4 Å². The second-order valence-corrected chi connectivity index (χ2v) is 4.69. The summed E-state index contributed by atoms with van der Waals surface area (Å²) in [5.74, 6) is 2.21. The topological polar surface area (TPSA) is 72.1 Å². The molecule has 0 bridgehead atoms. The molecule has 2 rings (SSSR count). The fraction of sp³-hybridized carbons (Fsp3) is 0.333. The van der Waals surface area contributed by atoms with Crippen LogP contribution in [0.25, 0.3) is 0 Å². The number of H-pyrrole nitrogens is 1. The van der Waals surface area contributed by atoms with Gasteiger partial charge in [-0.3, -0.25) is 5.10 Å². The lowest BCUT2D eigenvalue weighted by Gasteiger charge is -2.12. The highest BCUT2D eigenvalue weighted by atomic mass is 79.9. The number of nitrogens with zero attached hydrogens (tertiary/aromatic N) is 2. The highest BCUT2D eigenvalue weighted by Crippen LogP contribution is 2.33. The molecule has 0 saturated carbocycles. The SMILES string of the molecule is COc1cc(Br)c(CNCc2ncn[nH]2)cc1OC. The van der Waals surface area contributed by atoms with E-state index in [0.29, 0.717) is 24.6 Å². The number of ether oxygens (including phenoxy) is 2. The first-order valence-corrected chi connectivity index (χ1v) is 6.49. The molecule has 2 aromatic rings. The van der Waals surface area contributed by atoms with Crippen LogP contribution in [0.15, 0.2) is 22.9 Å². The summed E-state index contributed by atoms with van der Waals surface area (Å²) in [6, 6.07) is 3.83. The van der Waals surface area contributed by atoms with Crippen LogP contribution in [0.2, 0.25) is 0 Å². The lowest BCUT2D eigenvalue weighted by atomic mass is 10.2. The van der Waals surface area contributed by atoms with E-state index in [4.69, 9.17) is 9.47 Å². The Bertz CT molecular complexity index is 531. The van der Waals surface area contributed by atoms with E-state index in [1.807, 2.05) is 12.1 Å². The van der Waals surface area contributed by atoms with Crippen molar-refractivity contribution in [1.29, 1.82) is 0 Å². The number of methoxy groups -OCH3 is 2. The Hall–Kier alpha value is -1.60. The van der Waals surface area contributed by atoms with E-state index in [-0.39, 0.29) is 0 Å². The Kier molecular flexibility index (Phi) is 4.75. The van der Waals surface area contributed by atoms with E-state index in [1.165, 1.54) is 6.33 Å². The van der Waals surface area contributed by atoms with Gasteiger partial charge < -0.3 is 14.8 Å². The molecule has 0 fully saturated rings. The lowest BCUT2D eigenvalue weighted by molar-refractivity contribution is 0.354. The monoisotopic (exact) mass is 326 g/mol. The zero-order valence-corrected chi connectivity index (χ0v) is 12.3. The zero-order chi connectivity index (χ0) is 13.7. The predicted octanol–water partition coefficient (Wildman–Crippen LogP) is 1.87. The quantitative estimate of drug-likeness (QED) is 0.848. The summed E-state index contributed by atoms with van der Waals surface area (Å²) in [5, 5.41) is 9.87. The number of hydrogen-bond donors (Lipinski definition) is 2. The van der Waals surface area contributed by atoms with Crippen LogP contribution in [0.5, 0.6) is 11.5 Å². The summed E-state index contributed by atoms with van der Waals surface area (Å²) in [5.41, 5.74) is 1.08. The Morgan fingerprint density at radius 2 is 1.95 bits per heavy atom. The molecule has 0 aliphatic rings. The molecule has 1 aromatic heterocycles. The van der Waals surface area contributed by atoms with Crippen molar-refractivity contribution in [3.8, 4) is 11.5 Å². The number of rotatable bonds is 6. The minimum Gasteiger partial charge on any atom is -0.493 e. The van der Waals surface area contributed by atoms with Gasteiger partial charge in [0.2, 0.25) is 0 Å². The smallest absolute Gasteiger partial charge is 0.161 e. The molecule has 0 unspecified atom stereocenters. The van der Waals surface area contributed by atoms with Crippen LogP contribution in [-0.4, -0.2) is 29.4 Å². The normalized spacial score (nSPS) is 10.5. The van der Waals surface area contributed by atoms with Crippen molar-refractivity contribution in [1.82, 2.24) is 20.5 Å². The number of aromatic amines is 1. The molecular formula is C12H15BrN4O2. The summed E-state index contributed by atoms with van der Waals surface area (Å²) in [6.45, 7) is 1.31. The number of nitrogens with one attached hydrogen (secondary N) is 2. The van der Waals surface area contributed by atoms with Crippen LogP contribution in [0.4, 0.5) is 0 Å². The predicted molar refractivity (Wildman–Crippen MR) is 74.2 cm³/mol. The van der Waals surface area contributed by atoms with Gasteiger partial charge in [-0.25, -0.2) is 4.98 Å². The van der Waals surface area contributed by atoms with Crippen molar-refractivity contribution >= 4 is 15.9 Å². The number of hydrogen-bond acceptors (Lipinski definition) is 5. The maximum absolute atomic E-state index is 5.28. The van der Waals surface area contributed by atoms with Gasteiger partial charge in [0.1, 0.15) is 12.2 Å². The average molecular weight is 327 g/mol. The molecule has 102 valence electrons. The van der Waals surface area contributed by atoms with E-state index in [2.05, 4.69) is 36.4 Å². The first-order valence-electron chi connectivity index (χ1n) is 5.70. The minimum atomic E-state index is 0.626. The van der Waals surface area contributed by atoms with Crippen molar-refractivity contribution in [3.63, 3.8) is 0 Å². The Labute approximate surface area is 119 Å². The van der Waals surface area contributed by atoms with Gasteiger partial charge in [-0.15, -0.1) is 0 Å². The second-order valence-electron chi connectivity index (χ2n) is 3.83. The summed E-state index contributed by atoms with van der Waals surface area (Å²) >= 11 is 3.52. The van der Waals surface area contributed by atoms with Gasteiger partial charge >= 0.3 is 0 Å². The standard InChI is InChI=1S/C12H15BrN4O2/c1-18-10-3-8(9(13)4-11(10)19-2)5-14-6-12-15-7-16-17-12/h3-4,7,14H,5-6H2,1-2H3,(H,15,16,17). The maximum Gasteiger partial charge on any atom is 0.161 e.